The zero-order chi connectivity index (χ0) is 11.5. The molecule has 1 N–H and O–H groups in total. The van der Waals surface area contributed by atoms with E-state index in [-0.39, 0.29) is 5.92 Å². The van der Waals surface area contributed by atoms with Crippen molar-refractivity contribution >= 4 is 5.97 Å². The standard InChI is InChI=1S/C12H21NO3/c1-16-8-11(9-2-3-9)13-6-4-10(5-7-13)12(14)15/h9-11H,2-8H2,1H3,(H,14,15). The Morgan fingerprint density at radius 2 is 2.00 bits per heavy atom. The Morgan fingerprint density at radius 3 is 2.44 bits per heavy atom. The highest BCUT2D eigenvalue weighted by Gasteiger charge is 2.37. The molecule has 1 atom stereocenters. The Kier molecular flexibility index (Phi) is 3.82. The second kappa shape index (κ2) is 5.15. The predicted octanol–water partition coefficient (Wildman–Crippen LogP) is 1.21. The molecule has 0 amide bonds. The normalized spacial score (nSPS) is 25.6. The van der Waals surface area contributed by atoms with Crippen molar-refractivity contribution in [2.24, 2.45) is 11.8 Å². The maximum Gasteiger partial charge on any atom is 0.306 e. The van der Waals surface area contributed by atoms with Crippen LogP contribution in [0.25, 0.3) is 0 Å². The van der Waals surface area contributed by atoms with E-state index in [1.54, 1.807) is 7.11 Å². The fourth-order valence-electron chi connectivity index (χ4n) is 2.67. The summed E-state index contributed by atoms with van der Waals surface area (Å²) in [6, 6.07) is 0.528. The first-order chi connectivity index (χ1) is 7.72. The summed E-state index contributed by atoms with van der Waals surface area (Å²) in [7, 11) is 1.75. The number of carboxylic acids is 1. The molecule has 4 heteroatoms. The third kappa shape index (κ3) is 2.74. The Labute approximate surface area is 96.6 Å². The highest BCUT2D eigenvalue weighted by molar-refractivity contribution is 5.70. The fraction of sp³-hybridized carbons (Fsp3) is 0.917. The zero-order valence-corrected chi connectivity index (χ0v) is 9.89. The van der Waals surface area contributed by atoms with Crippen LogP contribution in [0.15, 0.2) is 0 Å². The van der Waals surface area contributed by atoms with Crippen molar-refractivity contribution in [2.45, 2.75) is 31.7 Å². The Morgan fingerprint density at radius 1 is 1.38 bits per heavy atom. The van der Waals surface area contributed by atoms with Gasteiger partial charge in [-0.05, 0) is 44.7 Å². The largest absolute Gasteiger partial charge is 0.481 e. The van der Waals surface area contributed by atoms with Gasteiger partial charge in [-0.3, -0.25) is 9.69 Å². The summed E-state index contributed by atoms with van der Waals surface area (Å²) in [5.41, 5.74) is 0. The van der Waals surface area contributed by atoms with Crippen LogP contribution in [-0.4, -0.2) is 48.8 Å². The van der Waals surface area contributed by atoms with E-state index in [0.717, 1.165) is 38.5 Å². The van der Waals surface area contributed by atoms with Crippen LogP contribution < -0.4 is 0 Å². The summed E-state index contributed by atoms with van der Waals surface area (Å²) in [6.07, 6.45) is 4.21. The number of ether oxygens (including phenoxy) is 1. The Hall–Kier alpha value is -0.610. The summed E-state index contributed by atoms with van der Waals surface area (Å²) in [5.74, 6) is 0.0364. The van der Waals surface area contributed by atoms with Gasteiger partial charge in [-0.15, -0.1) is 0 Å². The van der Waals surface area contributed by atoms with Crippen molar-refractivity contribution in [2.75, 3.05) is 26.8 Å². The monoisotopic (exact) mass is 227 g/mol. The fourth-order valence-corrected chi connectivity index (χ4v) is 2.67. The van der Waals surface area contributed by atoms with Gasteiger partial charge in [-0.25, -0.2) is 0 Å². The number of methoxy groups -OCH3 is 1. The highest BCUT2D eigenvalue weighted by Crippen LogP contribution is 2.36. The van der Waals surface area contributed by atoms with E-state index >= 15 is 0 Å². The summed E-state index contributed by atoms with van der Waals surface area (Å²) in [4.78, 5) is 13.3. The average Bonchev–Trinajstić information content (AvgIpc) is 3.10. The van der Waals surface area contributed by atoms with Crippen molar-refractivity contribution in [3.8, 4) is 0 Å². The van der Waals surface area contributed by atoms with Gasteiger partial charge in [0.05, 0.1) is 12.5 Å². The lowest BCUT2D eigenvalue weighted by molar-refractivity contribution is -0.143. The minimum Gasteiger partial charge on any atom is -0.481 e. The number of aliphatic carboxylic acids is 1. The number of piperidine rings is 1. The van der Waals surface area contributed by atoms with Crippen molar-refractivity contribution in [1.29, 1.82) is 0 Å². The van der Waals surface area contributed by atoms with Crippen LogP contribution in [0.5, 0.6) is 0 Å². The summed E-state index contributed by atoms with van der Waals surface area (Å²) in [5, 5.41) is 8.94. The van der Waals surface area contributed by atoms with Crippen LogP contribution in [0.1, 0.15) is 25.7 Å². The van der Waals surface area contributed by atoms with Gasteiger partial charge in [0.25, 0.3) is 0 Å². The molecule has 2 aliphatic rings. The number of likely N-dealkylation sites (tertiary alicyclic amines) is 1. The molecule has 1 aliphatic carbocycles. The van der Waals surface area contributed by atoms with E-state index < -0.39 is 5.97 Å². The Bertz CT molecular complexity index is 245. The van der Waals surface area contributed by atoms with Crippen LogP contribution in [0, 0.1) is 11.8 Å². The van der Waals surface area contributed by atoms with Gasteiger partial charge in [0, 0.05) is 13.2 Å². The third-order valence-electron chi connectivity index (χ3n) is 3.85. The van der Waals surface area contributed by atoms with Crippen molar-refractivity contribution in [3.05, 3.63) is 0 Å². The molecule has 2 fully saturated rings. The van der Waals surface area contributed by atoms with Crippen molar-refractivity contribution in [1.82, 2.24) is 4.90 Å². The second-order valence-corrected chi connectivity index (χ2v) is 5.01. The molecule has 92 valence electrons. The molecule has 4 nitrogen and oxygen atoms in total. The van der Waals surface area contributed by atoms with Gasteiger partial charge in [-0.1, -0.05) is 0 Å². The van der Waals surface area contributed by atoms with Crippen LogP contribution in [-0.2, 0) is 9.53 Å². The molecule has 16 heavy (non-hydrogen) atoms. The molecule has 0 bridgehead atoms. The maximum absolute atomic E-state index is 10.9. The minimum absolute atomic E-state index is 0.126. The minimum atomic E-state index is -0.630. The van der Waals surface area contributed by atoms with Gasteiger partial charge >= 0.3 is 5.97 Å². The number of hydrogen-bond donors (Lipinski definition) is 1. The molecule has 1 aliphatic heterocycles. The summed E-state index contributed by atoms with van der Waals surface area (Å²) >= 11 is 0. The van der Waals surface area contributed by atoms with Crippen LogP contribution in [0.4, 0.5) is 0 Å². The molecule has 0 aromatic heterocycles. The quantitative estimate of drug-likeness (QED) is 0.767. The lowest BCUT2D eigenvalue weighted by Gasteiger charge is -2.36. The number of carbonyl (C=O) groups is 1. The third-order valence-corrected chi connectivity index (χ3v) is 3.85. The van der Waals surface area contributed by atoms with E-state index in [0.29, 0.717) is 6.04 Å². The van der Waals surface area contributed by atoms with E-state index in [2.05, 4.69) is 4.90 Å². The first kappa shape index (κ1) is 11.9. The number of hydrogen-bond acceptors (Lipinski definition) is 3. The SMILES string of the molecule is COCC(C1CC1)N1CCC(C(=O)O)CC1. The van der Waals surface area contributed by atoms with Crippen molar-refractivity contribution in [3.63, 3.8) is 0 Å². The van der Waals surface area contributed by atoms with Gasteiger partial charge in [0.15, 0.2) is 0 Å². The van der Waals surface area contributed by atoms with E-state index in [9.17, 15) is 4.79 Å². The lowest BCUT2D eigenvalue weighted by atomic mass is 9.95. The lowest BCUT2D eigenvalue weighted by Crippen LogP contribution is -2.45. The average molecular weight is 227 g/mol. The molecular weight excluding hydrogens is 206 g/mol. The van der Waals surface area contributed by atoms with Gasteiger partial charge in [0.2, 0.25) is 0 Å². The molecule has 1 saturated carbocycles. The van der Waals surface area contributed by atoms with Gasteiger partial charge < -0.3 is 9.84 Å². The molecule has 0 radical (unpaired) electrons. The molecule has 0 aromatic rings. The molecule has 2 rings (SSSR count). The first-order valence-electron chi connectivity index (χ1n) is 6.18. The van der Waals surface area contributed by atoms with E-state index in [4.69, 9.17) is 9.84 Å². The maximum atomic E-state index is 10.9. The topological polar surface area (TPSA) is 49.8 Å². The molecular formula is C12H21NO3. The second-order valence-electron chi connectivity index (χ2n) is 5.01. The van der Waals surface area contributed by atoms with Gasteiger partial charge in [0.1, 0.15) is 0 Å². The Balaban J connectivity index is 1.84. The smallest absolute Gasteiger partial charge is 0.306 e. The molecule has 1 heterocycles. The van der Waals surface area contributed by atoms with E-state index in [1.807, 2.05) is 0 Å². The molecule has 0 spiro atoms. The molecule has 1 saturated heterocycles. The molecule has 1 unspecified atom stereocenters. The molecule has 0 aromatic carbocycles. The summed E-state index contributed by atoms with van der Waals surface area (Å²) < 4.78 is 5.27. The van der Waals surface area contributed by atoms with Crippen LogP contribution in [0.3, 0.4) is 0 Å². The first-order valence-corrected chi connectivity index (χ1v) is 6.18. The zero-order valence-electron chi connectivity index (χ0n) is 9.89. The van der Waals surface area contributed by atoms with Crippen LogP contribution in [0.2, 0.25) is 0 Å². The highest BCUT2D eigenvalue weighted by atomic mass is 16.5. The summed E-state index contributed by atoms with van der Waals surface area (Å²) in [6.45, 7) is 2.63. The van der Waals surface area contributed by atoms with Gasteiger partial charge in [-0.2, -0.15) is 0 Å². The van der Waals surface area contributed by atoms with Crippen LogP contribution >= 0.6 is 0 Å². The number of rotatable bonds is 5. The predicted molar refractivity (Wildman–Crippen MR) is 60.3 cm³/mol. The van der Waals surface area contributed by atoms with Crippen molar-refractivity contribution < 1.29 is 14.6 Å². The number of carboxylic acid groups (broad SMARTS) is 1. The number of nitrogens with zero attached hydrogens (tertiary/aromatic N) is 1. The van der Waals surface area contributed by atoms with E-state index in [1.165, 1.54) is 12.8 Å².